The molecule has 0 aliphatic rings. The summed E-state index contributed by atoms with van der Waals surface area (Å²) in [6.07, 6.45) is 1.21. The van der Waals surface area contributed by atoms with Crippen molar-refractivity contribution in [2.45, 2.75) is 39.4 Å². The second kappa shape index (κ2) is 6.95. The predicted molar refractivity (Wildman–Crippen MR) is 83.0 cm³/mol. The molecule has 0 aromatic heterocycles. The Bertz CT molecular complexity index is 365. The first kappa shape index (κ1) is 15.3. The molecule has 0 amide bonds. The Balaban J connectivity index is 2.40. The van der Waals surface area contributed by atoms with Gasteiger partial charge >= 0.3 is 0 Å². The van der Waals surface area contributed by atoms with Crippen molar-refractivity contribution < 1.29 is 4.43 Å². The lowest BCUT2D eigenvalue weighted by atomic mass is 10.2. The summed E-state index contributed by atoms with van der Waals surface area (Å²) in [5, 5.41) is 0. The Kier molecular flexibility index (Phi) is 5.89. The van der Waals surface area contributed by atoms with Gasteiger partial charge in [-0.2, -0.15) is 0 Å². The van der Waals surface area contributed by atoms with E-state index in [1.165, 1.54) is 23.7 Å². The molecular weight excluding hydrogens is 238 g/mol. The highest BCUT2D eigenvalue weighted by molar-refractivity contribution is 6.71. The van der Waals surface area contributed by atoms with Gasteiger partial charge in [-0.3, -0.25) is 0 Å². The fraction of sp³-hybridized carbons (Fsp3) is 0.600. The van der Waals surface area contributed by atoms with Crippen LogP contribution in [0.25, 0.3) is 0 Å². The third kappa shape index (κ3) is 5.23. The zero-order valence-corrected chi connectivity index (χ0v) is 13.5. The van der Waals surface area contributed by atoms with Crippen LogP contribution in [0.2, 0.25) is 19.1 Å². The lowest BCUT2D eigenvalue weighted by Crippen LogP contribution is -2.31. The minimum absolute atomic E-state index is 0.854. The average molecular weight is 265 g/mol. The molecule has 1 aromatic rings. The van der Waals surface area contributed by atoms with Gasteiger partial charge in [0.15, 0.2) is 8.32 Å². The number of hydrogen-bond acceptors (Lipinski definition) is 2. The van der Waals surface area contributed by atoms with E-state index in [0.717, 1.165) is 13.2 Å². The largest absolute Gasteiger partial charge is 0.418 e. The van der Waals surface area contributed by atoms with Crippen molar-refractivity contribution in [3.63, 3.8) is 0 Å². The summed E-state index contributed by atoms with van der Waals surface area (Å²) >= 11 is 0. The number of hydrogen-bond donors (Lipinski definition) is 0. The van der Waals surface area contributed by atoms with E-state index in [9.17, 15) is 0 Å². The molecule has 102 valence electrons. The smallest absolute Gasteiger partial charge is 0.186 e. The van der Waals surface area contributed by atoms with Crippen molar-refractivity contribution in [1.82, 2.24) is 0 Å². The minimum atomic E-state index is -1.41. The molecule has 0 N–H and O–H groups in total. The number of anilines is 1. The third-order valence-electron chi connectivity index (χ3n) is 3.25. The number of rotatable bonds is 7. The fourth-order valence-electron chi connectivity index (χ4n) is 2.20. The maximum absolute atomic E-state index is 5.86. The van der Waals surface area contributed by atoms with Crippen LogP contribution in [0.4, 0.5) is 5.69 Å². The summed E-state index contributed by atoms with van der Waals surface area (Å²) in [6, 6.07) is 9.92. The van der Waals surface area contributed by atoms with Crippen LogP contribution in [0.15, 0.2) is 24.3 Å². The summed E-state index contributed by atoms with van der Waals surface area (Å²) in [5.41, 5.74) is 2.63. The monoisotopic (exact) mass is 265 g/mol. The van der Waals surface area contributed by atoms with Gasteiger partial charge in [0.05, 0.1) is 0 Å². The second-order valence-electron chi connectivity index (χ2n) is 5.56. The van der Waals surface area contributed by atoms with Crippen molar-refractivity contribution in [2.24, 2.45) is 0 Å². The molecule has 0 aliphatic heterocycles. The van der Waals surface area contributed by atoms with E-state index in [1.807, 2.05) is 0 Å². The molecule has 1 rings (SSSR count). The van der Waals surface area contributed by atoms with Gasteiger partial charge in [-0.1, -0.05) is 12.1 Å². The standard InChI is InChI=1S/C15H27NOSi/c1-6-17-18(4,5)12-8-11-16(3)15-10-7-9-14(2)13-15/h7,9-10,13H,6,8,11-12H2,1-5H3. The molecule has 0 atom stereocenters. The van der Waals surface area contributed by atoms with Gasteiger partial charge in [0, 0.05) is 25.9 Å². The molecule has 1 aromatic carbocycles. The summed E-state index contributed by atoms with van der Waals surface area (Å²) in [7, 11) is 0.762. The molecule has 18 heavy (non-hydrogen) atoms. The molecule has 0 heterocycles. The molecule has 0 aliphatic carbocycles. The normalized spacial score (nSPS) is 11.6. The van der Waals surface area contributed by atoms with E-state index in [2.05, 4.69) is 63.2 Å². The topological polar surface area (TPSA) is 12.5 Å². The van der Waals surface area contributed by atoms with E-state index < -0.39 is 8.32 Å². The maximum Gasteiger partial charge on any atom is 0.186 e. The number of nitrogens with zero attached hydrogens (tertiary/aromatic N) is 1. The molecule has 0 fully saturated rings. The van der Waals surface area contributed by atoms with E-state index >= 15 is 0 Å². The Hall–Kier alpha value is -0.803. The van der Waals surface area contributed by atoms with Crippen LogP contribution in [0, 0.1) is 6.92 Å². The lowest BCUT2D eigenvalue weighted by molar-refractivity contribution is 0.328. The second-order valence-corrected chi connectivity index (χ2v) is 9.86. The first-order valence-electron chi connectivity index (χ1n) is 6.86. The van der Waals surface area contributed by atoms with Gasteiger partial charge in [0.2, 0.25) is 0 Å². The van der Waals surface area contributed by atoms with Gasteiger partial charge in [0.1, 0.15) is 0 Å². The predicted octanol–water partition coefficient (Wildman–Crippen LogP) is 4.06. The highest BCUT2D eigenvalue weighted by Crippen LogP contribution is 2.17. The van der Waals surface area contributed by atoms with E-state index in [1.54, 1.807) is 0 Å². The van der Waals surface area contributed by atoms with Gasteiger partial charge < -0.3 is 9.33 Å². The Morgan fingerprint density at radius 1 is 1.28 bits per heavy atom. The molecule has 0 unspecified atom stereocenters. The maximum atomic E-state index is 5.86. The fourth-order valence-corrected chi connectivity index (χ4v) is 4.13. The van der Waals surface area contributed by atoms with Crippen molar-refractivity contribution in [1.29, 1.82) is 0 Å². The summed E-state index contributed by atoms with van der Waals surface area (Å²) in [5.74, 6) is 0. The molecule has 0 bridgehead atoms. The van der Waals surface area contributed by atoms with Crippen molar-refractivity contribution >= 4 is 14.0 Å². The Morgan fingerprint density at radius 2 is 2.00 bits per heavy atom. The van der Waals surface area contributed by atoms with Crippen molar-refractivity contribution in [3.05, 3.63) is 29.8 Å². The first-order chi connectivity index (χ1) is 8.44. The zero-order chi connectivity index (χ0) is 13.6. The van der Waals surface area contributed by atoms with E-state index in [-0.39, 0.29) is 0 Å². The zero-order valence-electron chi connectivity index (χ0n) is 12.5. The van der Waals surface area contributed by atoms with E-state index in [0.29, 0.717) is 0 Å². The quantitative estimate of drug-likeness (QED) is 0.689. The Morgan fingerprint density at radius 3 is 2.61 bits per heavy atom. The molecule has 0 radical (unpaired) electrons. The minimum Gasteiger partial charge on any atom is -0.418 e. The molecular formula is C15H27NOSi. The van der Waals surface area contributed by atoms with Gasteiger partial charge in [-0.15, -0.1) is 0 Å². The highest BCUT2D eigenvalue weighted by Gasteiger charge is 2.20. The Labute approximate surface area is 113 Å². The average Bonchev–Trinajstić information content (AvgIpc) is 2.28. The van der Waals surface area contributed by atoms with Crippen LogP contribution in [0.3, 0.4) is 0 Å². The van der Waals surface area contributed by atoms with Crippen LogP contribution in [-0.2, 0) is 4.43 Å². The summed E-state index contributed by atoms with van der Waals surface area (Å²) in [6.45, 7) is 10.8. The first-order valence-corrected chi connectivity index (χ1v) is 9.98. The van der Waals surface area contributed by atoms with Crippen LogP contribution < -0.4 is 4.90 Å². The van der Waals surface area contributed by atoms with Crippen LogP contribution >= 0.6 is 0 Å². The number of aryl methyl sites for hydroxylation is 1. The van der Waals surface area contributed by atoms with Crippen LogP contribution in [0.5, 0.6) is 0 Å². The lowest BCUT2D eigenvalue weighted by Gasteiger charge is -2.24. The molecule has 3 heteroatoms. The summed E-state index contributed by atoms with van der Waals surface area (Å²) < 4.78 is 5.86. The highest BCUT2D eigenvalue weighted by atomic mass is 28.4. The van der Waals surface area contributed by atoms with Crippen LogP contribution in [-0.4, -0.2) is 28.5 Å². The number of benzene rings is 1. The van der Waals surface area contributed by atoms with Gasteiger partial charge in [-0.25, -0.2) is 0 Å². The van der Waals surface area contributed by atoms with Gasteiger partial charge in [0.25, 0.3) is 0 Å². The van der Waals surface area contributed by atoms with E-state index in [4.69, 9.17) is 4.43 Å². The SMILES string of the molecule is CCO[Si](C)(C)CCCN(C)c1cccc(C)c1. The van der Waals surface area contributed by atoms with Crippen LogP contribution in [0.1, 0.15) is 18.9 Å². The van der Waals surface area contributed by atoms with Crippen molar-refractivity contribution in [3.8, 4) is 0 Å². The summed E-state index contributed by atoms with van der Waals surface area (Å²) in [4.78, 5) is 2.34. The molecule has 0 saturated carbocycles. The molecule has 0 saturated heterocycles. The van der Waals surface area contributed by atoms with Crippen molar-refractivity contribution in [2.75, 3.05) is 25.1 Å². The van der Waals surface area contributed by atoms with Gasteiger partial charge in [-0.05, 0) is 57.1 Å². The molecule has 0 spiro atoms. The molecule has 2 nitrogen and oxygen atoms in total. The third-order valence-corrected chi connectivity index (χ3v) is 5.88.